The Kier molecular flexibility index (Phi) is 3.24. The third kappa shape index (κ3) is 2.17. The number of hydrogen-bond donors (Lipinski definition) is 1. The van der Waals surface area contributed by atoms with Crippen LogP contribution in [0.3, 0.4) is 0 Å². The van der Waals surface area contributed by atoms with Crippen molar-refractivity contribution in [2.75, 3.05) is 11.4 Å². The summed E-state index contributed by atoms with van der Waals surface area (Å²) in [6.45, 7) is 2.49. The fourth-order valence-electron chi connectivity index (χ4n) is 1.65. The molecule has 0 fully saturated rings. The number of carboxylic acids is 1. The highest BCUT2D eigenvalue weighted by Gasteiger charge is 2.23. The maximum absolute atomic E-state index is 11.0. The Morgan fingerprint density at radius 1 is 1.56 bits per heavy atom. The molecule has 1 aromatic rings. The van der Waals surface area contributed by atoms with Gasteiger partial charge in [0.1, 0.15) is 4.91 Å². The Hall–Kier alpha value is -2.02. The number of hydrogen-bond acceptors (Lipinski definition) is 5. The van der Waals surface area contributed by atoms with Crippen LogP contribution in [0.4, 0.5) is 11.4 Å². The van der Waals surface area contributed by atoms with Crippen molar-refractivity contribution in [3.63, 3.8) is 0 Å². The number of nitro groups is 1. The maximum Gasteiger partial charge on any atom is 0.344 e. The van der Waals surface area contributed by atoms with Crippen molar-refractivity contribution in [2.24, 2.45) is 0 Å². The van der Waals surface area contributed by atoms with Crippen LogP contribution < -0.4 is 4.90 Å². The van der Waals surface area contributed by atoms with Crippen LogP contribution in [0.25, 0.3) is 0 Å². The number of carbonyl (C=O) groups is 1. The average molecular weight is 266 g/mol. The molecule has 1 N–H and O–H groups in total. The molecule has 0 radical (unpaired) electrons. The van der Waals surface area contributed by atoms with Crippen LogP contribution in [0.5, 0.6) is 0 Å². The number of nitro benzene ring substituents is 1. The molecule has 18 heavy (non-hydrogen) atoms. The molecule has 1 aliphatic heterocycles. The lowest BCUT2D eigenvalue weighted by Crippen LogP contribution is -2.20. The average Bonchev–Trinajstić information content (AvgIpc) is 2.36. The fraction of sp³-hybridized carbons (Fsp3) is 0.182. The summed E-state index contributed by atoms with van der Waals surface area (Å²) in [5, 5.41) is 19.7. The van der Waals surface area contributed by atoms with Gasteiger partial charge in [0.25, 0.3) is 5.69 Å². The van der Waals surface area contributed by atoms with E-state index >= 15 is 0 Å². The SMILES string of the molecule is CCN1C=C(C(=O)O)Sc2cc([N+](=O)[O-])ccc21. The number of rotatable bonds is 3. The van der Waals surface area contributed by atoms with E-state index in [0.29, 0.717) is 11.4 Å². The molecule has 0 saturated heterocycles. The molecule has 0 amide bonds. The first kappa shape index (κ1) is 12.4. The molecule has 7 heteroatoms. The molecule has 1 heterocycles. The molecule has 6 nitrogen and oxygen atoms in total. The van der Waals surface area contributed by atoms with E-state index in [1.165, 1.54) is 12.1 Å². The number of thioether (sulfide) groups is 1. The zero-order valence-electron chi connectivity index (χ0n) is 9.49. The third-order valence-corrected chi connectivity index (χ3v) is 3.55. The quantitative estimate of drug-likeness (QED) is 0.668. The second-order valence-corrected chi connectivity index (χ2v) is 4.68. The first-order valence-corrected chi connectivity index (χ1v) is 6.02. The second kappa shape index (κ2) is 4.69. The summed E-state index contributed by atoms with van der Waals surface area (Å²) < 4.78 is 0. The minimum Gasteiger partial charge on any atom is -0.477 e. The minimum absolute atomic E-state index is 0.0380. The Labute approximate surface area is 107 Å². The predicted molar refractivity (Wildman–Crippen MR) is 67.7 cm³/mol. The Morgan fingerprint density at radius 3 is 2.83 bits per heavy atom. The van der Waals surface area contributed by atoms with Crippen LogP contribution in [0, 0.1) is 10.1 Å². The Morgan fingerprint density at radius 2 is 2.28 bits per heavy atom. The molecule has 0 unspecified atom stereocenters. The summed E-state index contributed by atoms with van der Waals surface area (Å²) in [4.78, 5) is 23.7. The van der Waals surface area contributed by atoms with Gasteiger partial charge >= 0.3 is 5.97 Å². The van der Waals surface area contributed by atoms with Crippen LogP contribution in [0.2, 0.25) is 0 Å². The highest BCUT2D eigenvalue weighted by Crippen LogP contribution is 2.41. The van der Waals surface area contributed by atoms with Gasteiger partial charge in [-0.25, -0.2) is 4.79 Å². The summed E-state index contributed by atoms with van der Waals surface area (Å²) in [6, 6.07) is 4.46. The monoisotopic (exact) mass is 266 g/mol. The van der Waals surface area contributed by atoms with Crippen molar-refractivity contribution < 1.29 is 14.8 Å². The normalized spacial score (nSPS) is 13.8. The van der Waals surface area contributed by atoms with Gasteiger partial charge in [-0.2, -0.15) is 0 Å². The van der Waals surface area contributed by atoms with Crippen molar-refractivity contribution in [3.8, 4) is 0 Å². The smallest absolute Gasteiger partial charge is 0.344 e. The molecule has 2 rings (SSSR count). The highest BCUT2D eigenvalue weighted by atomic mass is 32.2. The molecule has 0 aliphatic carbocycles. The number of nitrogens with zero attached hydrogens (tertiary/aromatic N) is 2. The number of anilines is 1. The number of fused-ring (bicyclic) bond motifs is 1. The molecular weight excluding hydrogens is 256 g/mol. The number of benzene rings is 1. The van der Waals surface area contributed by atoms with Gasteiger partial charge in [0.2, 0.25) is 0 Å². The largest absolute Gasteiger partial charge is 0.477 e. The van der Waals surface area contributed by atoms with Crippen molar-refractivity contribution in [1.82, 2.24) is 0 Å². The van der Waals surface area contributed by atoms with E-state index in [0.717, 1.165) is 17.4 Å². The number of aliphatic carboxylic acids is 1. The lowest BCUT2D eigenvalue weighted by Gasteiger charge is -2.26. The van der Waals surface area contributed by atoms with Gasteiger partial charge in [-0.3, -0.25) is 10.1 Å². The van der Waals surface area contributed by atoms with Gasteiger partial charge in [-0.15, -0.1) is 0 Å². The molecular formula is C11H10N2O4S. The second-order valence-electron chi connectivity index (χ2n) is 3.60. The lowest BCUT2D eigenvalue weighted by atomic mass is 10.2. The standard InChI is InChI=1S/C11H10N2O4S/c1-2-12-6-10(11(14)15)18-9-5-7(13(16)17)3-4-8(9)12/h3-6H,2H2,1H3,(H,14,15). The molecule has 0 saturated carbocycles. The lowest BCUT2D eigenvalue weighted by molar-refractivity contribution is -0.385. The van der Waals surface area contributed by atoms with Gasteiger partial charge < -0.3 is 10.0 Å². The van der Waals surface area contributed by atoms with Crippen molar-refractivity contribution >= 4 is 29.1 Å². The van der Waals surface area contributed by atoms with Crippen LogP contribution >= 0.6 is 11.8 Å². The van der Waals surface area contributed by atoms with E-state index in [1.54, 1.807) is 17.2 Å². The topological polar surface area (TPSA) is 83.7 Å². The van der Waals surface area contributed by atoms with Crippen LogP contribution in [0.1, 0.15) is 6.92 Å². The fourth-order valence-corrected chi connectivity index (χ4v) is 2.63. The van der Waals surface area contributed by atoms with Gasteiger partial charge in [0, 0.05) is 29.8 Å². The Bertz CT molecular complexity index is 556. The van der Waals surface area contributed by atoms with E-state index < -0.39 is 10.9 Å². The van der Waals surface area contributed by atoms with Crippen LogP contribution in [-0.2, 0) is 4.79 Å². The van der Waals surface area contributed by atoms with E-state index in [-0.39, 0.29) is 10.6 Å². The molecule has 0 spiro atoms. The van der Waals surface area contributed by atoms with Crippen molar-refractivity contribution in [2.45, 2.75) is 11.8 Å². The van der Waals surface area contributed by atoms with Crippen molar-refractivity contribution in [3.05, 3.63) is 39.4 Å². The van der Waals surface area contributed by atoms with E-state index in [2.05, 4.69) is 0 Å². The van der Waals surface area contributed by atoms with Crippen LogP contribution in [0.15, 0.2) is 34.2 Å². The summed E-state index contributed by atoms with van der Waals surface area (Å²) in [6.07, 6.45) is 1.54. The summed E-state index contributed by atoms with van der Waals surface area (Å²) in [7, 11) is 0. The van der Waals surface area contributed by atoms with Gasteiger partial charge in [0.05, 0.1) is 10.6 Å². The van der Waals surface area contributed by atoms with Gasteiger partial charge in [0.15, 0.2) is 0 Å². The van der Waals surface area contributed by atoms with Crippen LogP contribution in [-0.4, -0.2) is 22.5 Å². The molecule has 0 aromatic heterocycles. The van der Waals surface area contributed by atoms with Gasteiger partial charge in [-0.05, 0) is 13.0 Å². The number of carboxylic acid groups (broad SMARTS) is 1. The predicted octanol–water partition coefficient (Wildman–Crippen LogP) is 2.45. The van der Waals surface area contributed by atoms with E-state index in [9.17, 15) is 14.9 Å². The summed E-state index contributed by atoms with van der Waals surface area (Å²) in [5.74, 6) is -1.03. The molecule has 0 bridgehead atoms. The molecule has 1 aliphatic rings. The molecule has 94 valence electrons. The first-order chi connectivity index (χ1) is 8.52. The summed E-state index contributed by atoms with van der Waals surface area (Å²) in [5.41, 5.74) is 0.752. The Balaban J connectivity index is 2.47. The minimum atomic E-state index is -1.03. The highest BCUT2D eigenvalue weighted by molar-refractivity contribution is 8.04. The zero-order valence-corrected chi connectivity index (χ0v) is 10.3. The van der Waals surface area contributed by atoms with E-state index in [4.69, 9.17) is 5.11 Å². The third-order valence-electron chi connectivity index (χ3n) is 2.51. The van der Waals surface area contributed by atoms with E-state index in [1.807, 2.05) is 6.92 Å². The molecule has 1 aromatic carbocycles. The zero-order chi connectivity index (χ0) is 13.3. The summed E-state index contributed by atoms with van der Waals surface area (Å²) >= 11 is 1.03. The first-order valence-electron chi connectivity index (χ1n) is 5.21. The molecule has 0 atom stereocenters. The van der Waals surface area contributed by atoms with Gasteiger partial charge in [-0.1, -0.05) is 11.8 Å². The van der Waals surface area contributed by atoms with Crippen molar-refractivity contribution in [1.29, 1.82) is 0 Å². The maximum atomic E-state index is 11.0. The number of non-ortho nitro benzene ring substituents is 1.